The average Bonchev–Trinajstić information content (AvgIpc) is 2.35. The Morgan fingerprint density at radius 3 is 2.69 bits per heavy atom. The van der Waals surface area contributed by atoms with Crippen molar-refractivity contribution >= 4 is 5.71 Å². The first-order valence-corrected chi connectivity index (χ1v) is 4.81. The van der Waals surface area contributed by atoms with Crippen LogP contribution in [0.3, 0.4) is 0 Å². The highest BCUT2D eigenvalue weighted by Gasteiger charge is 2.11. The molecule has 0 aromatic heterocycles. The summed E-state index contributed by atoms with van der Waals surface area (Å²) in [5.74, 6) is 1.32. The molecule has 1 aromatic carbocycles. The summed E-state index contributed by atoms with van der Waals surface area (Å²) in [6.07, 6.45) is 2.12. The van der Waals surface area contributed by atoms with Crippen LogP contribution in [0.1, 0.15) is 12.0 Å². The van der Waals surface area contributed by atoms with E-state index in [-0.39, 0.29) is 0 Å². The molecule has 0 saturated carbocycles. The molecule has 16 heavy (non-hydrogen) atoms. The maximum atomic E-state index is 8.94. The molecule has 4 heteroatoms. The van der Waals surface area contributed by atoms with E-state index in [9.17, 15) is 0 Å². The molecule has 1 aromatic rings. The molecule has 0 saturated heterocycles. The Labute approximate surface area is 94.8 Å². The van der Waals surface area contributed by atoms with E-state index in [0.717, 1.165) is 0 Å². The van der Waals surface area contributed by atoms with Gasteiger partial charge in [-0.2, -0.15) is 0 Å². The van der Waals surface area contributed by atoms with Crippen molar-refractivity contribution in [2.75, 3.05) is 14.2 Å². The number of nitrogens with zero attached hydrogens (tertiary/aromatic N) is 1. The first-order chi connectivity index (χ1) is 7.76. The van der Waals surface area contributed by atoms with Gasteiger partial charge in [-0.05, 0) is 18.2 Å². The van der Waals surface area contributed by atoms with Crippen LogP contribution < -0.4 is 9.47 Å². The normalized spacial score (nSPS) is 11.0. The lowest BCUT2D eigenvalue weighted by molar-refractivity contribution is 0.318. The molecule has 0 aliphatic rings. The summed E-state index contributed by atoms with van der Waals surface area (Å²) in [7, 11) is 3.14. The number of ether oxygens (including phenoxy) is 2. The van der Waals surface area contributed by atoms with E-state index in [2.05, 4.69) is 11.7 Å². The van der Waals surface area contributed by atoms with E-state index < -0.39 is 0 Å². The maximum absolute atomic E-state index is 8.94. The third-order valence-electron chi connectivity index (χ3n) is 2.18. The second-order valence-corrected chi connectivity index (χ2v) is 3.11. The van der Waals surface area contributed by atoms with Crippen LogP contribution in [0, 0.1) is 0 Å². The second kappa shape index (κ2) is 5.80. The zero-order valence-electron chi connectivity index (χ0n) is 9.43. The largest absolute Gasteiger partial charge is 0.497 e. The fourth-order valence-electron chi connectivity index (χ4n) is 1.38. The van der Waals surface area contributed by atoms with Crippen molar-refractivity contribution < 1.29 is 14.7 Å². The van der Waals surface area contributed by atoms with Gasteiger partial charge >= 0.3 is 0 Å². The van der Waals surface area contributed by atoms with Gasteiger partial charge in [0.1, 0.15) is 11.5 Å². The van der Waals surface area contributed by atoms with Gasteiger partial charge in [-0.1, -0.05) is 11.2 Å². The summed E-state index contributed by atoms with van der Waals surface area (Å²) in [4.78, 5) is 0. The maximum Gasteiger partial charge on any atom is 0.128 e. The van der Waals surface area contributed by atoms with Crippen molar-refractivity contribution in [3.05, 3.63) is 36.4 Å². The van der Waals surface area contributed by atoms with E-state index in [1.807, 2.05) is 0 Å². The predicted octanol–water partition coefficient (Wildman–Crippen LogP) is 2.46. The van der Waals surface area contributed by atoms with Crippen molar-refractivity contribution in [3.63, 3.8) is 0 Å². The van der Waals surface area contributed by atoms with Crippen molar-refractivity contribution in [1.82, 2.24) is 0 Å². The summed E-state index contributed by atoms with van der Waals surface area (Å²) in [5.41, 5.74) is 1.19. The Morgan fingerprint density at radius 1 is 1.44 bits per heavy atom. The van der Waals surface area contributed by atoms with Gasteiger partial charge in [0.25, 0.3) is 0 Å². The van der Waals surface area contributed by atoms with Gasteiger partial charge < -0.3 is 14.7 Å². The summed E-state index contributed by atoms with van der Waals surface area (Å²) in [6.45, 7) is 3.61. The average molecular weight is 221 g/mol. The highest BCUT2D eigenvalue weighted by molar-refractivity contribution is 6.03. The van der Waals surface area contributed by atoms with Crippen LogP contribution in [0.2, 0.25) is 0 Å². The van der Waals surface area contributed by atoms with Crippen LogP contribution >= 0.6 is 0 Å². The van der Waals surface area contributed by atoms with Crippen molar-refractivity contribution in [2.45, 2.75) is 6.42 Å². The fraction of sp³-hybridized carbons (Fsp3) is 0.250. The van der Waals surface area contributed by atoms with E-state index in [4.69, 9.17) is 14.7 Å². The minimum Gasteiger partial charge on any atom is -0.497 e. The van der Waals surface area contributed by atoms with Gasteiger partial charge in [0, 0.05) is 12.0 Å². The summed E-state index contributed by atoms with van der Waals surface area (Å²) >= 11 is 0. The zero-order valence-corrected chi connectivity index (χ0v) is 9.43. The molecule has 86 valence electrons. The molecule has 0 bridgehead atoms. The molecule has 0 amide bonds. The van der Waals surface area contributed by atoms with E-state index in [0.29, 0.717) is 29.2 Å². The first kappa shape index (κ1) is 12.1. The van der Waals surface area contributed by atoms with Crippen LogP contribution in [-0.2, 0) is 0 Å². The lowest BCUT2D eigenvalue weighted by Crippen LogP contribution is -2.03. The van der Waals surface area contributed by atoms with Crippen LogP contribution in [0.4, 0.5) is 0 Å². The molecular weight excluding hydrogens is 206 g/mol. The molecule has 0 radical (unpaired) electrons. The zero-order chi connectivity index (χ0) is 12.0. The molecule has 0 aliphatic carbocycles. The highest BCUT2D eigenvalue weighted by atomic mass is 16.5. The Hall–Kier alpha value is -1.97. The van der Waals surface area contributed by atoms with Gasteiger partial charge in [0.2, 0.25) is 0 Å². The number of hydrogen-bond acceptors (Lipinski definition) is 4. The topological polar surface area (TPSA) is 51.1 Å². The smallest absolute Gasteiger partial charge is 0.128 e. The molecule has 0 unspecified atom stereocenters. The summed E-state index contributed by atoms with van der Waals surface area (Å²) in [5, 5.41) is 12.2. The Bertz CT molecular complexity index is 399. The number of methoxy groups -OCH3 is 2. The van der Waals surface area contributed by atoms with Crippen molar-refractivity contribution in [1.29, 1.82) is 0 Å². The molecule has 0 heterocycles. The van der Waals surface area contributed by atoms with Gasteiger partial charge in [0.05, 0.1) is 19.9 Å². The van der Waals surface area contributed by atoms with Crippen molar-refractivity contribution in [2.24, 2.45) is 5.16 Å². The van der Waals surface area contributed by atoms with Crippen LogP contribution in [0.15, 0.2) is 36.0 Å². The number of rotatable bonds is 5. The lowest BCUT2D eigenvalue weighted by atomic mass is 10.1. The van der Waals surface area contributed by atoms with Crippen LogP contribution in [0.5, 0.6) is 11.5 Å². The standard InChI is InChI=1S/C12H15NO3/c1-4-5-11(13-14)10-8-9(15-2)6-7-12(10)16-3/h4,6-8,14H,1,5H2,2-3H3/b13-11+. The molecule has 0 spiro atoms. The van der Waals surface area contributed by atoms with Crippen LogP contribution in [0.25, 0.3) is 0 Å². The second-order valence-electron chi connectivity index (χ2n) is 3.11. The predicted molar refractivity (Wildman–Crippen MR) is 62.7 cm³/mol. The number of hydrogen-bond donors (Lipinski definition) is 1. The molecule has 4 nitrogen and oxygen atoms in total. The minimum absolute atomic E-state index is 0.458. The Morgan fingerprint density at radius 2 is 2.19 bits per heavy atom. The third kappa shape index (κ3) is 2.53. The van der Waals surface area contributed by atoms with Gasteiger partial charge in [-0.15, -0.1) is 6.58 Å². The Kier molecular flexibility index (Phi) is 4.39. The minimum atomic E-state index is 0.458. The summed E-state index contributed by atoms with van der Waals surface area (Å²) in [6, 6.07) is 5.31. The molecule has 1 N–H and O–H groups in total. The monoisotopic (exact) mass is 221 g/mol. The fourth-order valence-corrected chi connectivity index (χ4v) is 1.38. The number of benzene rings is 1. The third-order valence-corrected chi connectivity index (χ3v) is 2.18. The quantitative estimate of drug-likeness (QED) is 0.359. The molecule has 0 fully saturated rings. The molecular formula is C12H15NO3. The van der Waals surface area contributed by atoms with E-state index >= 15 is 0 Å². The van der Waals surface area contributed by atoms with Gasteiger partial charge in [-0.3, -0.25) is 0 Å². The van der Waals surface area contributed by atoms with E-state index in [1.54, 1.807) is 38.5 Å². The highest BCUT2D eigenvalue weighted by Crippen LogP contribution is 2.25. The SMILES string of the molecule is C=CC/C(=N\O)c1cc(OC)ccc1OC. The lowest BCUT2D eigenvalue weighted by Gasteiger charge is -2.10. The Balaban J connectivity index is 3.21. The molecule has 0 aliphatic heterocycles. The number of allylic oxidation sites excluding steroid dienone is 1. The first-order valence-electron chi connectivity index (χ1n) is 4.81. The summed E-state index contributed by atoms with van der Waals surface area (Å²) < 4.78 is 10.3. The van der Waals surface area contributed by atoms with Crippen LogP contribution in [-0.4, -0.2) is 25.1 Å². The number of oxime groups is 1. The molecule has 1 rings (SSSR count). The van der Waals surface area contributed by atoms with Gasteiger partial charge in [0.15, 0.2) is 0 Å². The molecule has 0 atom stereocenters. The van der Waals surface area contributed by atoms with Gasteiger partial charge in [-0.25, -0.2) is 0 Å². The van der Waals surface area contributed by atoms with Crippen molar-refractivity contribution in [3.8, 4) is 11.5 Å². The van der Waals surface area contributed by atoms with E-state index in [1.165, 1.54) is 0 Å².